The molecular weight excluding hydrogens is 246 g/mol. The van der Waals surface area contributed by atoms with Gasteiger partial charge in [0.05, 0.1) is 16.6 Å². The normalized spacial score (nSPS) is 10.7. The number of Topliss-reactive ketones (excluding diaryl/α,β-unsaturated/α-hetero) is 1. The van der Waals surface area contributed by atoms with Crippen LogP contribution in [0.15, 0.2) is 22.9 Å². The van der Waals surface area contributed by atoms with E-state index in [9.17, 15) is 4.79 Å². The van der Waals surface area contributed by atoms with Gasteiger partial charge < -0.3 is 0 Å². The highest BCUT2D eigenvalue weighted by Crippen LogP contribution is 2.10. The smallest absolute Gasteiger partial charge is 0.155 e. The molecular formula is C9H8BrN3O. The van der Waals surface area contributed by atoms with Gasteiger partial charge in [-0.2, -0.15) is 5.10 Å². The van der Waals surface area contributed by atoms with Crippen molar-refractivity contribution in [2.24, 2.45) is 0 Å². The third-order valence-electron chi connectivity index (χ3n) is 1.76. The maximum atomic E-state index is 10.9. The van der Waals surface area contributed by atoms with E-state index in [2.05, 4.69) is 26.0 Å². The Labute approximate surface area is 89.1 Å². The van der Waals surface area contributed by atoms with E-state index in [0.717, 1.165) is 15.8 Å². The number of hydrogen-bond acceptors (Lipinski definition) is 3. The third kappa shape index (κ3) is 1.82. The number of aromatic nitrogens is 3. The Balaban J connectivity index is 2.46. The summed E-state index contributed by atoms with van der Waals surface area (Å²) in [6.45, 7) is 1.55. The lowest BCUT2D eigenvalue weighted by Gasteiger charge is -1.91. The van der Waals surface area contributed by atoms with Crippen molar-refractivity contribution in [3.05, 3.63) is 28.6 Å². The molecule has 0 bridgehead atoms. The Morgan fingerprint density at radius 3 is 3.14 bits per heavy atom. The van der Waals surface area contributed by atoms with Gasteiger partial charge in [-0.25, -0.2) is 9.50 Å². The van der Waals surface area contributed by atoms with Crippen molar-refractivity contribution < 1.29 is 4.79 Å². The first kappa shape index (κ1) is 9.33. The molecule has 0 atom stereocenters. The fourth-order valence-electron chi connectivity index (χ4n) is 1.24. The lowest BCUT2D eigenvalue weighted by atomic mass is 10.2. The molecule has 0 saturated carbocycles. The van der Waals surface area contributed by atoms with E-state index >= 15 is 0 Å². The number of hydrogen-bond donors (Lipinski definition) is 0. The highest BCUT2D eigenvalue weighted by Gasteiger charge is 2.04. The molecule has 4 nitrogen and oxygen atoms in total. The highest BCUT2D eigenvalue weighted by atomic mass is 79.9. The van der Waals surface area contributed by atoms with E-state index in [0.29, 0.717) is 6.42 Å². The number of nitrogens with zero attached hydrogens (tertiary/aromatic N) is 3. The molecule has 0 radical (unpaired) electrons. The fraction of sp³-hybridized carbons (Fsp3) is 0.222. The predicted octanol–water partition coefficient (Wildman–Crippen LogP) is 1.62. The average molecular weight is 254 g/mol. The van der Waals surface area contributed by atoms with E-state index in [1.54, 1.807) is 17.6 Å². The maximum Gasteiger partial charge on any atom is 0.155 e. The quantitative estimate of drug-likeness (QED) is 0.818. The number of rotatable bonds is 2. The summed E-state index contributed by atoms with van der Waals surface area (Å²) in [6.07, 6.45) is 3.88. The van der Waals surface area contributed by atoms with Gasteiger partial charge in [0.25, 0.3) is 0 Å². The van der Waals surface area contributed by atoms with Crippen molar-refractivity contribution in [3.63, 3.8) is 0 Å². The molecule has 0 saturated heterocycles. The molecule has 0 spiro atoms. The Morgan fingerprint density at radius 2 is 2.43 bits per heavy atom. The summed E-state index contributed by atoms with van der Waals surface area (Å²) >= 11 is 3.30. The van der Waals surface area contributed by atoms with Crippen LogP contribution >= 0.6 is 15.9 Å². The average Bonchev–Trinajstić information content (AvgIpc) is 2.44. The second-order valence-corrected chi connectivity index (χ2v) is 4.01. The molecule has 0 aliphatic heterocycles. The van der Waals surface area contributed by atoms with E-state index in [1.807, 2.05) is 12.3 Å². The number of ketones is 1. The molecule has 0 unspecified atom stereocenters. The molecule has 0 aliphatic carbocycles. The SMILES string of the molecule is CC(=O)Cc1cc2ncc(Br)cn2n1. The summed E-state index contributed by atoms with van der Waals surface area (Å²) in [6, 6.07) is 1.81. The van der Waals surface area contributed by atoms with Crippen LogP contribution in [0.3, 0.4) is 0 Å². The summed E-state index contributed by atoms with van der Waals surface area (Å²) in [4.78, 5) is 15.0. The van der Waals surface area contributed by atoms with Crippen LogP contribution in [0.25, 0.3) is 5.65 Å². The third-order valence-corrected chi connectivity index (χ3v) is 2.17. The molecule has 0 fully saturated rings. The van der Waals surface area contributed by atoms with Crippen LogP contribution in [0, 0.1) is 0 Å². The largest absolute Gasteiger partial charge is 0.300 e. The van der Waals surface area contributed by atoms with E-state index in [-0.39, 0.29) is 5.78 Å². The van der Waals surface area contributed by atoms with Crippen LogP contribution in [0.5, 0.6) is 0 Å². The molecule has 2 heterocycles. The van der Waals surface area contributed by atoms with Crippen LogP contribution in [-0.2, 0) is 11.2 Å². The van der Waals surface area contributed by atoms with E-state index in [4.69, 9.17) is 0 Å². The molecule has 0 aromatic carbocycles. The van der Waals surface area contributed by atoms with Crippen molar-refractivity contribution in [3.8, 4) is 0 Å². The van der Waals surface area contributed by atoms with Crippen molar-refractivity contribution >= 4 is 27.4 Å². The van der Waals surface area contributed by atoms with Gasteiger partial charge in [-0.3, -0.25) is 4.79 Å². The first-order valence-electron chi connectivity index (χ1n) is 4.14. The number of carbonyl (C=O) groups is 1. The molecule has 0 amide bonds. The highest BCUT2D eigenvalue weighted by molar-refractivity contribution is 9.10. The van der Waals surface area contributed by atoms with Gasteiger partial charge in [0.15, 0.2) is 5.65 Å². The fourth-order valence-corrected chi connectivity index (χ4v) is 1.54. The second kappa shape index (κ2) is 3.49. The molecule has 0 aliphatic rings. The van der Waals surface area contributed by atoms with Crippen LogP contribution in [-0.4, -0.2) is 20.4 Å². The van der Waals surface area contributed by atoms with Gasteiger partial charge >= 0.3 is 0 Å². The summed E-state index contributed by atoms with van der Waals surface area (Å²) < 4.78 is 2.52. The first-order valence-corrected chi connectivity index (χ1v) is 4.94. The molecule has 2 aromatic heterocycles. The number of carbonyl (C=O) groups excluding carboxylic acids is 1. The minimum Gasteiger partial charge on any atom is -0.300 e. The van der Waals surface area contributed by atoms with Crippen LogP contribution in [0.2, 0.25) is 0 Å². The summed E-state index contributed by atoms with van der Waals surface area (Å²) in [5, 5.41) is 4.22. The van der Waals surface area contributed by atoms with Crippen molar-refractivity contribution in [1.29, 1.82) is 0 Å². The Hall–Kier alpha value is -1.23. The molecule has 72 valence electrons. The topological polar surface area (TPSA) is 47.3 Å². The minimum atomic E-state index is 0.104. The zero-order valence-corrected chi connectivity index (χ0v) is 9.15. The molecule has 5 heteroatoms. The molecule has 2 rings (SSSR count). The standard InChI is InChI=1S/C9H8BrN3O/c1-6(14)2-8-3-9-11-4-7(10)5-13(9)12-8/h3-5H,2H2,1H3. The predicted molar refractivity (Wildman–Crippen MR) is 55.1 cm³/mol. The zero-order chi connectivity index (χ0) is 10.1. The van der Waals surface area contributed by atoms with Crippen molar-refractivity contribution in [2.75, 3.05) is 0 Å². The van der Waals surface area contributed by atoms with Gasteiger partial charge in [-0.15, -0.1) is 0 Å². The lowest BCUT2D eigenvalue weighted by molar-refractivity contribution is -0.116. The van der Waals surface area contributed by atoms with Crippen LogP contribution in [0.1, 0.15) is 12.6 Å². The van der Waals surface area contributed by atoms with E-state index in [1.165, 1.54) is 0 Å². The van der Waals surface area contributed by atoms with Gasteiger partial charge in [0.2, 0.25) is 0 Å². The van der Waals surface area contributed by atoms with Crippen molar-refractivity contribution in [2.45, 2.75) is 13.3 Å². The second-order valence-electron chi connectivity index (χ2n) is 3.09. The maximum absolute atomic E-state index is 10.9. The molecule has 2 aromatic rings. The number of fused-ring (bicyclic) bond motifs is 1. The van der Waals surface area contributed by atoms with Gasteiger partial charge in [0, 0.05) is 18.5 Å². The minimum absolute atomic E-state index is 0.104. The van der Waals surface area contributed by atoms with Gasteiger partial charge in [-0.05, 0) is 22.9 Å². The summed E-state index contributed by atoms with van der Waals surface area (Å²) in [5.74, 6) is 0.104. The Bertz CT molecular complexity index is 492. The van der Waals surface area contributed by atoms with Crippen LogP contribution < -0.4 is 0 Å². The van der Waals surface area contributed by atoms with E-state index < -0.39 is 0 Å². The molecule has 0 N–H and O–H groups in total. The van der Waals surface area contributed by atoms with Gasteiger partial charge in [0.1, 0.15) is 5.78 Å². The number of halogens is 1. The summed E-state index contributed by atoms with van der Waals surface area (Å²) in [5.41, 5.74) is 1.51. The zero-order valence-electron chi connectivity index (χ0n) is 7.57. The lowest BCUT2D eigenvalue weighted by Crippen LogP contribution is -1.97. The van der Waals surface area contributed by atoms with Gasteiger partial charge in [-0.1, -0.05) is 0 Å². The Morgan fingerprint density at radius 1 is 1.64 bits per heavy atom. The Kier molecular flexibility index (Phi) is 2.33. The monoisotopic (exact) mass is 253 g/mol. The van der Waals surface area contributed by atoms with Crippen molar-refractivity contribution in [1.82, 2.24) is 14.6 Å². The van der Waals surface area contributed by atoms with Crippen LogP contribution in [0.4, 0.5) is 0 Å². The summed E-state index contributed by atoms with van der Waals surface area (Å²) in [7, 11) is 0. The first-order chi connectivity index (χ1) is 6.65. The molecule has 14 heavy (non-hydrogen) atoms.